The summed E-state index contributed by atoms with van der Waals surface area (Å²) in [5, 5.41) is 3.62. The van der Waals surface area contributed by atoms with Crippen molar-refractivity contribution < 1.29 is 0 Å². The van der Waals surface area contributed by atoms with Crippen LogP contribution >= 0.6 is 0 Å². The molecular formula is C14H23N3. The van der Waals surface area contributed by atoms with Crippen LogP contribution in [0.1, 0.15) is 31.4 Å². The molecule has 3 nitrogen and oxygen atoms in total. The van der Waals surface area contributed by atoms with E-state index in [0.29, 0.717) is 12.1 Å². The van der Waals surface area contributed by atoms with Crippen molar-refractivity contribution >= 4 is 0 Å². The van der Waals surface area contributed by atoms with Gasteiger partial charge in [-0.3, -0.25) is 9.88 Å². The van der Waals surface area contributed by atoms with E-state index in [1.807, 2.05) is 12.4 Å². The van der Waals surface area contributed by atoms with Crippen molar-refractivity contribution in [2.45, 2.75) is 45.8 Å². The van der Waals surface area contributed by atoms with E-state index in [1.54, 1.807) is 0 Å². The van der Waals surface area contributed by atoms with Crippen LogP contribution in [0, 0.1) is 6.92 Å². The average Bonchev–Trinajstić information content (AvgIpc) is 2.68. The maximum atomic E-state index is 4.14. The van der Waals surface area contributed by atoms with Crippen molar-refractivity contribution in [1.29, 1.82) is 0 Å². The van der Waals surface area contributed by atoms with Gasteiger partial charge in [0.15, 0.2) is 0 Å². The Kier molecular flexibility index (Phi) is 4.13. The average molecular weight is 233 g/mol. The summed E-state index contributed by atoms with van der Waals surface area (Å²) in [6, 6.07) is 3.39. The fraction of sp³-hybridized carbons (Fsp3) is 0.643. The molecule has 0 spiro atoms. The number of aromatic nitrogens is 1. The second-order valence-electron chi connectivity index (χ2n) is 5.34. The van der Waals surface area contributed by atoms with Crippen LogP contribution in [0.2, 0.25) is 0 Å². The zero-order chi connectivity index (χ0) is 12.3. The molecule has 0 bridgehead atoms. The van der Waals surface area contributed by atoms with Gasteiger partial charge in [-0.05, 0) is 30.5 Å². The second-order valence-corrected chi connectivity index (χ2v) is 5.34. The topological polar surface area (TPSA) is 28.2 Å². The van der Waals surface area contributed by atoms with Crippen LogP contribution < -0.4 is 5.32 Å². The standard InChI is InChI=1S/C14H23N3/c1-11(2)16-14-5-7-17(10-14)9-13-4-6-15-8-12(13)3/h4,6,8,11,14,16H,5,7,9-10H2,1-3H3. The van der Waals surface area contributed by atoms with Gasteiger partial charge in [-0.2, -0.15) is 0 Å². The third-order valence-corrected chi connectivity index (χ3v) is 3.37. The van der Waals surface area contributed by atoms with Crippen molar-refractivity contribution in [3.05, 3.63) is 29.6 Å². The SMILES string of the molecule is Cc1cnccc1CN1CCC(NC(C)C)C1. The molecule has 1 atom stereocenters. The maximum absolute atomic E-state index is 4.14. The highest BCUT2D eigenvalue weighted by Crippen LogP contribution is 2.15. The molecule has 1 aliphatic rings. The van der Waals surface area contributed by atoms with Gasteiger partial charge < -0.3 is 5.32 Å². The van der Waals surface area contributed by atoms with Gasteiger partial charge in [-0.25, -0.2) is 0 Å². The van der Waals surface area contributed by atoms with Gasteiger partial charge in [-0.15, -0.1) is 0 Å². The van der Waals surface area contributed by atoms with E-state index in [-0.39, 0.29) is 0 Å². The molecule has 0 aliphatic carbocycles. The van der Waals surface area contributed by atoms with Crippen LogP contribution in [0.4, 0.5) is 0 Å². The highest BCUT2D eigenvalue weighted by Gasteiger charge is 2.22. The fourth-order valence-electron chi connectivity index (χ4n) is 2.50. The molecule has 1 fully saturated rings. The minimum absolute atomic E-state index is 0.586. The molecule has 1 aromatic rings. The smallest absolute Gasteiger partial charge is 0.0300 e. The van der Waals surface area contributed by atoms with Crippen LogP contribution in [0.3, 0.4) is 0 Å². The third kappa shape index (κ3) is 3.51. The van der Waals surface area contributed by atoms with E-state index < -0.39 is 0 Å². The molecule has 2 heterocycles. The number of pyridine rings is 1. The first-order chi connectivity index (χ1) is 8.15. The van der Waals surface area contributed by atoms with Gasteiger partial charge in [0, 0.05) is 44.1 Å². The molecule has 2 rings (SSSR count). The summed E-state index contributed by atoms with van der Waals surface area (Å²) in [6.07, 6.45) is 5.11. The normalized spacial score (nSPS) is 21.3. The largest absolute Gasteiger partial charge is 0.310 e. The predicted molar refractivity (Wildman–Crippen MR) is 70.9 cm³/mol. The van der Waals surface area contributed by atoms with Crippen LogP contribution in [0.5, 0.6) is 0 Å². The molecule has 1 unspecified atom stereocenters. The van der Waals surface area contributed by atoms with Crippen molar-refractivity contribution in [1.82, 2.24) is 15.2 Å². The monoisotopic (exact) mass is 233 g/mol. The Morgan fingerprint density at radius 3 is 3.06 bits per heavy atom. The molecule has 1 aromatic heterocycles. The van der Waals surface area contributed by atoms with E-state index in [1.165, 1.54) is 30.6 Å². The number of rotatable bonds is 4. The number of nitrogens with one attached hydrogen (secondary N) is 1. The van der Waals surface area contributed by atoms with Gasteiger partial charge >= 0.3 is 0 Å². The molecule has 17 heavy (non-hydrogen) atoms. The maximum Gasteiger partial charge on any atom is 0.0300 e. The van der Waals surface area contributed by atoms with Crippen molar-refractivity contribution in [3.8, 4) is 0 Å². The molecular weight excluding hydrogens is 210 g/mol. The van der Waals surface area contributed by atoms with Gasteiger partial charge in [0.25, 0.3) is 0 Å². The summed E-state index contributed by atoms with van der Waals surface area (Å²) < 4.78 is 0. The number of hydrogen-bond donors (Lipinski definition) is 1. The number of nitrogens with zero attached hydrogens (tertiary/aromatic N) is 2. The minimum atomic E-state index is 0.586. The predicted octanol–water partition coefficient (Wildman–Crippen LogP) is 1.96. The Bertz CT molecular complexity index is 362. The lowest BCUT2D eigenvalue weighted by molar-refractivity contribution is 0.316. The summed E-state index contributed by atoms with van der Waals surface area (Å²) in [5.74, 6) is 0. The third-order valence-electron chi connectivity index (χ3n) is 3.37. The van der Waals surface area contributed by atoms with Gasteiger partial charge in [-0.1, -0.05) is 13.8 Å². The zero-order valence-electron chi connectivity index (χ0n) is 11.1. The quantitative estimate of drug-likeness (QED) is 0.861. The highest BCUT2D eigenvalue weighted by molar-refractivity contribution is 5.21. The molecule has 3 heteroatoms. The summed E-state index contributed by atoms with van der Waals surface area (Å²) in [6.45, 7) is 10.0. The summed E-state index contributed by atoms with van der Waals surface area (Å²) in [7, 11) is 0. The lowest BCUT2D eigenvalue weighted by atomic mass is 10.1. The molecule has 1 aliphatic heterocycles. The first kappa shape index (κ1) is 12.5. The van der Waals surface area contributed by atoms with E-state index in [0.717, 1.165) is 6.54 Å². The summed E-state index contributed by atoms with van der Waals surface area (Å²) in [5.41, 5.74) is 2.71. The first-order valence-electron chi connectivity index (χ1n) is 6.53. The molecule has 1 N–H and O–H groups in total. The molecule has 0 saturated carbocycles. The van der Waals surface area contributed by atoms with Crippen LogP contribution in [0.15, 0.2) is 18.5 Å². The summed E-state index contributed by atoms with van der Waals surface area (Å²) in [4.78, 5) is 6.67. The molecule has 0 amide bonds. The summed E-state index contributed by atoms with van der Waals surface area (Å²) >= 11 is 0. The molecule has 1 saturated heterocycles. The van der Waals surface area contributed by atoms with Crippen LogP contribution in [-0.2, 0) is 6.54 Å². The van der Waals surface area contributed by atoms with Gasteiger partial charge in [0.1, 0.15) is 0 Å². The Morgan fingerprint density at radius 2 is 2.35 bits per heavy atom. The van der Waals surface area contributed by atoms with E-state index in [2.05, 4.69) is 42.0 Å². The second kappa shape index (κ2) is 5.61. The Balaban J connectivity index is 1.88. The Hall–Kier alpha value is -0.930. The number of hydrogen-bond acceptors (Lipinski definition) is 3. The van der Waals surface area contributed by atoms with E-state index in [9.17, 15) is 0 Å². The fourth-order valence-corrected chi connectivity index (χ4v) is 2.50. The highest BCUT2D eigenvalue weighted by atomic mass is 15.2. The van der Waals surface area contributed by atoms with Crippen LogP contribution in [0.25, 0.3) is 0 Å². The van der Waals surface area contributed by atoms with Gasteiger partial charge in [0.2, 0.25) is 0 Å². The van der Waals surface area contributed by atoms with Crippen molar-refractivity contribution in [2.24, 2.45) is 0 Å². The molecule has 0 aromatic carbocycles. The minimum Gasteiger partial charge on any atom is -0.310 e. The lowest BCUT2D eigenvalue weighted by Crippen LogP contribution is -2.36. The lowest BCUT2D eigenvalue weighted by Gasteiger charge is -2.19. The number of aryl methyl sites for hydroxylation is 1. The first-order valence-corrected chi connectivity index (χ1v) is 6.53. The molecule has 0 radical (unpaired) electrons. The Morgan fingerprint density at radius 1 is 1.53 bits per heavy atom. The van der Waals surface area contributed by atoms with E-state index in [4.69, 9.17) is 0 Å². The Labute approximate surface area is 104 Å². The van der Waals surface area contributed by atoms with Gasteiger partial charge in [0.05, 0.1) is 0 Å². The van der Waals surface area contributed by atoms with E-state index >= 15 is 0 Å². The van der Waals surface area contributed by atoms with Crippen LogP contribution in [-0.4, -0.2) is 35.1 Å². The zero-order valence-corrected chi connectivity index (χ0v) is 11.1. The number of likely N-dealkylation sites (tertiary alicyclic amines) is 1. The van der Waals surface area contributed by atoms with Crippen molar-refractivity contribution in [3.63, 3.8) is 0 Å². The van der Waals surface area contributed by atoms with Crippen molar-refractivity contribution in [2.75, 3.05) is 13.1 Å². The molecule has 94 valence electrons.